The van der Waals surface area contributed by atoms with Crippen LogP contribution in [0.15, 0.2) is 63.1 Å². The van der Waals surface area contributed by atoms with E-state index in [0.717, 1.165) is 30.6 Å². The molecule has 1 aliphatic heterocycles. The fraction of sp³-hybridized carbons (Fsp3) is 0.360. The lowest BCUT2D eigenvalue weighted by molar-refractivity contribution is 0.0758. The Kier molecular flexibility index (Phi) is 7.42. The van der Waals surface area contributed by atoms with Gasteiger partial charge in [-0.05, 0) is 56.4 Å². The summed E-state index contributed by atoms with van der Waals surface area (Å²) in [5.74, 6) is -0.157. The molecule has 1 saturated heterocycles. The highest BCUT2D eigenvalue weighted by atomic mass is 32.2. The van der Waals surface area contributed by atoms with Crippen LogP contribution in [0.1, 0.15) is 41.7 Å². The lowest BCUT2D eigenvalue weighted by Gasteiger charge is -2.22. The predicted molar refractivity (Wildman–Crippen MR) is 139 cm³/mol. The van der Waals surface area contributed by atoms with Gasteiger partial charge in [-0.25, -0.2) is 13.1 Å². The normalized spacial score (nSPS) is 14.5. The van der Waals surface area contributed by atoms with E-state index >= 15 is 0 Å². The van der Waals surface area contributed by atoms with Crippen LogP contribution in [0.2, 0.25) is 0 Å². The van der Waals surface area contributed by atoms with E-state index in [1.165, 1.54) is 28.6 Å². The second kappa shape index (κ2) is 10.3. The number of benzene rings is 2. The number of aromatic nitrogens is 2. The quantitative estimate of drug-likeness (QED) is 0.502. The maximum absolute atomic E-state index is 13.4. The van der Waals surface area contributed by atoms with Crippen molar-refractivity contribution in [1.29, 1.82) is 0 Å². The third-order valence-electron chi connectivity index (χ3n) is 6.40. The molecular formula is C25H30N4O4S2. The van der Waals surface area contributed by atoms with Crippen LogP contribution in [0.4, 0.5) is 5.69 Å². The number of nitrogens with one attached hydrogen (secondary N) is 1. The van der Waals surface area contributed by atoms with Crippen molar-refractivity contribution < 1.29 is 13.2 Å². The zero-order valence-electron chi connectivity index (χ0n) is 20.2. The number of sulfonamides is 1. The van der Waals surface area contributed by atoms with Crippen LogP contribution < -0.4 is 10.3 Å². The van der Waals surface area contributed by atoms with Crippen molar-refractivity contribution in [2.24, 2.45) is 7.05 Å². The molecule has 186 valence electrons. The molecule has 0 radical (unpaired) electrons. The van der Waals surface area contributed by atoms with Crippen LogP contribution in [0.5, 0.6) is 0 Å². The van der Waals surface area contributed by atoms with Gasteiger partial charge in [0.1, 0.15) is 5.69 Å². The molecule has 0 unspecified atom stereocenters. The number of carbonyl (C=O) groups is 1. The van der Waals surface area contributed by atoms with Crippen LogP contribution in [0.25, 0.3) is 5.69 Å². The lowest BCUT2D eigenvalue weighted by Crippen LogP contribution is -2.32. The monoisotopic (exact) mass is 514 g/mol. The van der Waals surface area contributed by atoms with Gasteiger partial charge in [-0.15, -0.1) is 11.8 Å². The summed E-state index contributed by atoms with van der Waals surface area (Å²) in [5, 5.41) is 0. The lowest BCUT2D eigenvalue weighted by atomic mass is 10.2. The van der Waals surface area contributed by atoms with Gasteiger partial charge >= 0.3 is 0 Å². The first kappa shape index (κ1) is 25.1. The summed E-state index contributed by atoms with van der Waals surface area (Å²) in [6.45, 7) is 3.03. The van der Waals surface area contributed by atoms with Crippen molar-refractivity contribution in [3.8, 4) is 5.69 Å². The molecule has 8 nitrogen and oxygen atoms in total. The molecule has 0 atom stereocenters. The number of hydrogen-bond donors (Lipinski definition) is 1. The van der Waals surface area contributed by atoms with Crippen LogP contribution in [-0.2, 0) is 17.1 Å². The van der Waals surface area contributed by atoms with Crippen LogP contribution in [-0.4, -0.2) is 47.9 Å². The molecule has 0 bridgehead atoms. The topological polar surface area (TPSA) is 93.4 Å². The van der Waals surface area contributed by atoms with Crippen molar-refractivity contribution in [3.05, 3.63) is 70.1 Å². The second-order valence-electron chi connectivity index (χ2n) is 8.61. The van der Waals surface area contributed by atoms with Gasteiger partial charge in [0, 0.05) is 25.0 Å². The van der Waals surface area contributed by atoms with Gasteiger partial charge in [-0.1, -0.05) is 31.0 Å². The van der Waals surface area contributed by atoms with Gasteiger partial charge in [-0.3, -0.25) is 19.0 Å². The van der Waals surface area contributed by atoms with E-state index < -0.39 is 15.6 Å². The van der Waals surface area contributed by atoms with Crippen molar-refractivity contribution in [3.63, 3.8) is 0 Å². The maximum Gasteiger partial charge on any atom is 0.296 e. The summed E-state index contributed by atoms with van der Waals surface area (Å²) in [6.07, 6.45) is 5.94. The molecule has 1 fully saturated rings. The van der Waals surface area contributed by atoms with Gasteiger partial charge in [0.15, 0.2) is 0 Å². The van der Waals surface area contributed by atoms with E-state index in [2.05, 4.69) is 4.72 Å². The van der Waals surface area contributed by atoms with Gasteiger partial charge < -0.3 is 4.90 Å². The number of anilines is 1. The minimum Gasteiger partial charge on any atom is -0.339 e. The third kappa shape index (κ3) is 5.04. The minimum absolute atomic E-state index is 0.0225. The highest BCUT2D eigenvalue weighted by Crippen LogP contribution is 2.27. The number of rotatable bonds is 6. The Labute approximate surface area is 210 Å². The second-order valence-corrected chi connectivity index (χ2v) is 11.1. The summed E-state index contributed by atoms with van der Waals surface area (Å²) in [4.78, 5) is 29.0. The number of amides is 1. The number of thioether (sulfide) groups is 1. The number of hydrogen-bond acceptors (Lipinski definition) is 5. The average Bonchev–Trinajstić information content (AvgIpc) is 3.06. The molecule has 4 rings (SSSR count). The third-order valence-corrected chi connectivity index (χ3v) is 8.54. The SMILES string of the molecule is CSc1ccc(S(=O)(=O)Nc2c(C)n(C)n(-c3ccccc3)c2=O)cc1C(=O)N1CCCCCC1. The van der Waals surface area contributed by atoms with Gasteiger partial charge in [0.25, 0.3) is 21.5 Å². The van der Waals surface area contributed by atoms with E-state index in [9.17, 15) is 18.0 Å². The molecule has 1 aliphatic rings. The first-order valence-electron chi connectivity index (χ1n) is 11.6. The van der Waals surface area contributed by atoms with Crippen molar-refractivity contribution in [2.75, 3.05) is 24.1 Å². The molecule has 3 aromatic rings. The fourth-order valence-electron chi connectivity index (χ4n) is 4.34. The largest absolute Gasteiger partial charge is 0.339 e. The highest BCUT2D eigenvalue weighted by molar-refractivity contribution is 7.98. The molecule has 2 aromatic carbocycles. The molecular weight excluding hydrogens is 484 g/mol. The predicted octanol–water partition coefficient (Wildman–Crippen LogP) is 4.02. The molecule has 2 heterocycles. The Morgan fingerprint density at radius 1 is 1.00 bits per heavy atom. The molecule has 1 N–H and O–H groups in total. The zero-order valence-corrected chi connectivity index (χ0v) is 21.8. The van der Waals surface area contributed by atoms with E-state index in [-0.39, 0.29) is 16.5 Å². The highest BCUT2D eigenvalue weighted by Gasteiger charge is 2.26. The van der Waals surface area contributed by atoms with Crippen LogP contribution in [0.3, 0.4) is 0 Å². The summed E-state index contributed by atoms with van der Waals surface area (Å²) >= 11 is 1.40. The molecule has 0 aliphatic carbocycles. The van der Waals surface area contributed by atoms with Gasteiger partial charge in [0.2, 0.25) is 0 Å². The Bertz CT molecular complexity index is 1390. The Balaban J connectivity index is 1.70. The average molecular weight is 515 g/mol. The number of nitrogens with zero attached hydrogens (tertiary/aromatic N) is 3. The molecule has 1 aromatic heterocycles. The Morgan fingerprint density at radius 2 is 1.66 bits per heavy atom. The first-order chi connectivity index (χ1) is 16.7. The summed E-state index contributed by atoms with van der Waals surface area (Å²) in [7, 11) is -2.42. The summed E-state index contributed by atoms with van der Waals surface area (Å²) in [5.41, 5.74) is 0.980. The van der Waals surface area contributed by atoms with Crippen molar-refractivity contribution >= 4 is 33.4 Å². The van der Waals surface area contributed by atoms with E-state index in [0.29, 0.717) is 30.0 Å². The molecule has 35 heavy (non-hydrogen) atoms. The maximum atomic E-state index is 13.4. The zero-order chi connectivity index (χ0) is 25.2. The molecule has 0 spiro atoms. The van der Waals surface area contributed by atoms with Crippen LogP contribution >= 0.6 is 11.8 Å². The van der Waals surface area contributed by atoms with E-state index in [4.69, 9.17) is 0 Å². The van der Waals surface area contributed by atoms with Crippen LogP contribution in [0, 0.1) is 6.92 Å². The fourth-order valence-corrected chi connectivity index (χ4v) is 6.06. The summed E-state index contributed by atoms with van der Waals surface area (Å²) in [6, 6.07) is 13.6. The molecule has 0 saturated carbocycles. The number of likely N-dealkylation sites (tertiary alicyclic amines) is 1. The molecule has 1 amide bonds. The van der Waals surface area contributed by atoms with Crippen molar-refractivity contribution in [1.82, 2.24) is 14.3 Å². The smallest absolute Gasteiger partial charge is 0.296 e. The number of carbonyl (C=O) groups excluding carboxylic acids is 1. The van der Waals surface area contributed by atoms with E-state index in [1.54, 1.807) is 36.9 Å². The van der Waals surface area contributed by atoms with Crippen molar-refractivity contribution in [2.45, 2.75) is 42.4 Å². The van der Waals surface area contributed by atoms with Gasteiger partial charge in [0.05, 0.1) is 21.8 Å². The summed E-state index contributed by atoms with van der Waals surface area (Å²) < 4.78 is 32.2. The Morgan fingerprint density at radius 3 is 2.29 bits per heavy atom. The molecule has 10 heteroatoms. The Hall–Kier alpha value is -2.98. The number of para-hydroxylation sites is 1. The van der Waals surface area contributed by atoms with Gasteiger partial charge in [-0.2, -0.15) is 0 Å². The minimum atomic E-state index is -4.12. The first-order valence-corrected chi connectivity index (χ1v) is 14.3. The van der Waals surface area contributed by atoms with E-state index in [1.807, 2.05) is 29.4 Å². The standard InChI is InChI=1S/C25H30N4O4S2/c1-18-23(25(31)29(27(18)2)19-11-7-6-8-12-19)26-35(32,33)20-13-14-22(34-3)21(17-20)24(30)28-15-9-4-5-10-16-28/h6-8,11-14,17,26H,4-5,9-10,15-16H2,1-3H3.